The smallest absolute Gasteiger partial charge is 0.417 e. The summed E-state index contributed by atoms with van der Waals surface area (Å²) >= 11 is 1.47. The Morgan fingerprint density at radius 2 is 2.00 bits per heavy atom. The van der Waals surface area contributed by atoms with Crippen LogP contribution in [0.25, 0.3) is 21.0 Å². The number of likely N-dealkylation sites (tertiary alicyclic amines) is 1. The second kappa shape index (κ2) is 9.24. The first-order valence-electron chi connectivity index (χ1n) is 11.5. The maximum Gasteiger partial charge on any atom is 0.417 e. The number of fused-ring (bicyclic) bond motifs is 2. The number of aliphatic hydroxyl groups excluding tert-OH is 1. The molecule has 34 heavy (non-hydrogen) atoms. The van der Waals surface area contributed by atoms with E-state index in [0.29, 0.717) is 16.6 Å². The predicted molar refractivity (Wildman–Crippen MR) is 130 cm³/mol. The summed E-state index contributed by atoms with van der Waals surface area (Å²) in [5, 5.41) is 11.9. The lowest BCUT2D eigenvalue weighted by molar-refractivity contribution is -0.136. The second-order valence-corrected chi connectivity index (χ2v) is 10.2. The molecule has 0 amide bonds. The largest absolute Gasteiger partial charge is 0.490 e. The minimum Gasteiger partial charge on any atom is -0.490 e. The third kappa shape index (κ3) is 4.67. The summed E-state index contributed by atoms with van der Waals surface area (Å²) in [5.74, 6) is 0.969. The van der Waals surface area contributed by atoms with Gasteiger partial charge in [-0.25, -0.2) is 0 Å². The number of ether oxygens (including phenoxy) is 1. The molecule has 2 aromatic carbocycles. The molecule has 0 aliphatic carbocycles. The van der Waals surface area contributed by atoms with Crippen molar-refractivity contribution in [1.29, 1.82) is 0 Å². The van der Waals surface area contributed by atoms with E-state index in [-0.39, 0.29) is 18.6 Å². The second-order valence-electron chi connectivity index (χ2n) is 9.09. The monoisotopic (exact) mass is 488 g/mol. The van der Waals surface area contributed by atoms with Gasteiger partial charge >= 0.3 is 6.18 Å². The Morgan fingerprint density at radius 3 is 2.79 bits per heavy atom. The number of rotatable bonds is 6. The van der Waals surface area contributed by atoms with Gasteiger partial charge in [0.2, 0.25) is 0 Å². The van der Waals surface area contributed by atoms with E-state index in [4.69, 9.17) is 4.74 Å². The Labute approximate surface area is 200 Å². The van der Waals surface area contributed by atoms with Crippen molar-refractivity contribution in [3.05, 3.63) is 65.2 Å². The molecule has 0 radical (unpaired) electrons. The fourth-order valence-corrected chi connectivity index (χ4v) is 6.21. The zero-order valence-corrected chi connectivity index (χ0v) is 19.6. The third-order valence-electron chi connectivity index (χ3n) is 6.73. The Kier molecular flexibility index (Phi) is 6.31. The number of nitrogens with zero attached hydrogens (tertiary/aromatic N) is 1. The molecule has 4 aromatic rings. The number of alkyl halides is 3. The van der Waals surface area contributed by atoms with Crippen molar-refractivity contribution in [1.82, 2.24) is 9.88 Å². The summed E-state index contributed by atoms with van der Waals surface area (Å²) in [5.41, 5.74) is 0.433. The van der Waals surface area contributed by atoms with Gasteiger partial charge in [-0.2, -0.15) is 13.2 Å². The van der Waals surface area contributed by atoms with Gasteiger partial charge in [0.05, 0.1) is 5.56 Å². The van der Waals surface area contributed by atoms with Crippen molar-refractivity contribution in [2.24, 2.45) is 0 Å². The van der Waals surface area contributed by atoms with Gasteiger partial charge in [-0.3, -0.25) is 4.90 Å². The molecule has 8 heteroatoms. The molecule has 5 rings (SSSR count). The van der Waals surface area contributed by atoms with E-state index in [2.05, 4.69) is 16.8 Å². The zero-order valence-electron chi connectivity index (χ0n) is 18.8. The fraction of sp³-hybridized carbons (Fsp3) is 0.385. The first-order valence-corrected chi connectivity index (χ1v) is 12.3. The predicted octanol–water partition coefficient (Wildman–Crippen LogP) is 6.41. The van der Waals surface area contributed by atoms with Gasteiger partial charge in [0, 0.05) is 44.6 Å². The van der Waals surface area contributed by atoms with Crippen molar-refractivity contribution in [3.63, 3.8) is 0 Å². The molecule has 3 atom stereocenters. The van der Waals surface area contributed by atoms with Gasteiger partial charge in [-0.15, -0.1) is 11.3 Å². The number of β-amino-alcohol motifs (C(OH)–C–C–N with tert-alkyl or cyclic N) is 1. The van der Waals surface area contributed by atoms with E-state index in [1.807, 2.05) is 30.5 Å². The normalized spacial score (nSPS) is 20.7. The number of aliphatic hydroxyl groups is 1. The van der Waals surface area contributed by atoms with Gasteiger partial charge in [-0.05, 0) is 68.6 Å². The number of aromatic nitrogens is 1. The van der Waals surface area contributed by atoms with Crippen LogP contribution in [0.2, 0.25) is 0 Å². The van der Waals surface area contributed by atoms with E-state index < -0.39 is 17.8 Å². The van der Waals surface area contributed by atoms with Crippen LogP contribution in [0.4, 0.5) is 13.2 Å². The molecule has 3 heterocycles. The number of hydrogen-bond donors (Lipinski definition) is 2. The average Bonchev–Trinajstić information content (AvgIpc) is 3.45. The molecule has 180 valence electrons. The van der Waals surface area contributed by atoms with Crippen LogP contribution in [-0.4, -0.2) is 46.8 Å². The molecule has 0 bridgehead atoms. The molecular formula is C26H27F3N2O2S. The minimum atomic E-state index is -4.35. The molecule has 1 fully saturated rings. The van der Waals surface area contributed by atoms with Crippen molar-refractivity contribution >= 4 is 32.3 Å². The molecule has 1 aliphatic rings. The Bertz CT molecular complexity index is 1280. The van der Waals surface area contributed by atoms with E-state index in [9.17, 15) is 18.3 Å². The van der Waals surface area contributed by atoms with Crippen molar-refractivity contribution < 1.29 is 23.0 Å². The highest BCUT2D eigenvalue weighted by atomic mass is 32.1. The molecule has 2 N–H and O–H groups in total. The summed E-state index contributed by atoms with van der Waals surface area (Å²) in [6, 6.07) is 14.1. The van der Waals surface area contributed by atoms with Gasteiger partial charge in [-0.1, -0.05) is 12.1 Å². The number of H-pyrrole nitrogens is 1. The fourth-order valence-electron chi connectivity index (χ4n) is 4.97. The van der Waals surface area contributed by atoms with E-state index in [1.165, 1.54) is 17.4 Å². The van der Waals surface area contributed by atoms with Crippen LogP contribution < -0.4 is 4.74 Å². The molecule has 4 nitrogen and oxygen atoms in total. The SMILES string of the molecule is C[C@H]1C[C@H](c2cc3c(C(F)(F)F)cccc3s2)CCN1C[C@H](O)COc1cccc2[nH]ccc12. The summed E-state index contributed by atoms with van der Waals surface area (Å²) in [7, 11) is 0. The quantitative estimate of drug-likeness (QED) is 0.330. The standard InChI is InChI=1S/C26H27F3N2O2S/c1-16-12-17(25-13-20-21(26(27,28)29)4-2-7-24(20)34-25)9-11-31(16)14-18(32)15-33-23-6-3-5-22-19(23)8-10-30-22/h2-8,10,13,16-18,30,32H,9,11-12,14-15H2,1H3/t16-,17+,18-/m0/s1. The molecule has 2 aromatic heterocycles. The Hall–Kier alpha value is -2.55. The van der Waals surface area contributed by atoms with Crippen LogP contribution in [0.1, 0.15) is 36.1 Å². The topological polar surface area (TPSA) is 48.5 Å². The lowest BCUT2D eigenvalue weighted by Gasteiger charge is -2.38. The highest BCUT2D eigenvalue weighted by Crippen LogP contribution is 2.42. The maximum absolute atomic E-state index is 13.4. The van der Waals surface area contributed by atoms with E-state index in [0.717, 1.165) is 47.0 Å². The van der Waals surface area contributed by atoms with Crippen LogP contribution in [0.5, 0.6) is 5.75 Å². The van der Waals surface area contributed by atoms with Crippen LogP contribution >= 0.6 is 11.3 Å². The molecule has 0 unspecified atom stereocenters. The lowest BCUT2D eigenvalue weighted by atomic mass is 9.89. The van der Waals surface area contributed by atoms with Crippen molar-refractivity contribution in [3.8, 4) is 5.75 Å². The molecule has 0 spiro atoms. The van der Waals surface area contributed by atoms with Crippen LogP contribution in [-0.2, 0) is 6.18 Å². The molecule has 0 saturated carbocycles. The van der Waals surface area contributed by atoms with E-state index in [1.54, 1.807) is 12.1 Å². The van der Waals surface area contributed by atoms with Crippen molar-refractivity contribution in [2.45, 2.75) is 44.0 Å². The summed E-state index contributed by atoms with van der Waals surface area (Å²) in [6.07, 6.45) is -1.41. The maximum atomic E-state index is 13.4. The summed E-state index contributed by atoms with van der Waals surface area (Å²) in [4.78, 5) is 6.41. The zero-order chi connectivity index (χ0) is 23.9. The number of nitrogens with one attached hydrogen (secondary N) is 1. The number of halogens is 3. The van der Waals surface area contributed by atoms with Crippen LogP contribution in [0, 0.1) is 0 Å². The van der Waals surface area contributed by atoms with Crippen molar-refractivity contribution in [2.75, 3.05) is 19.7 Å². The first kappa shape index (κ1) is 23.2. The number of piperidine rings is 1. The van der Waals surface area contributed by atoms with Gasteiger partial charge in [0.15, 0.2) is 0 Å². The third-order valence-corrected chi connectivity index (χ3v) is 8.00. The van der Waals surface area contributed by atoms with Gasteiger partial charge in [0.25, 0.3) is 0 Å². The highest BCUT2D eigenvalue weighted by Gasteiger charge is 2.34. The van der Waals surface area contributed by atoms with Crippen LogP contribution in [0.3, 0.4) is 0 Å². The summed E-state index contributed by atoms with van der Waals surface area (Å²) in [6.45, 7) is 3.61. The average molecular weight is 489 g/mol. The van der Waals surface area contributed by atoms with E-state index >= 15 is 0 Å². The molecular weight excluding hydrogens is 461 g/mol. The molecule has 1 aliphatic heterocycles. The number of thiophene rings is 1. The first-order chi connectivity index (χ1) is 16.3. The number of hydrogen-bond acceptors (Lipinski definition) is 4. The number of aromatic amines is 1. The Balaban J connectivity index is 1.20. The Morgan fingerprint density at radius 1 is 1.18 bits per heavy atom. The minimum absolute atomic E-state index is 0.202. The summed E-state index contributed by atoms with van der Waals surface area (Å²) < 4.78 is 46.8. The lowest BCUT2D eigenvalue weighted by Crippen LogP contribution is -2.45. The van der Waals surface area contributed by atoms with Gasteiger partial charge < -0.3 is 14.8 Å². The highest BCUT2D eigenvalue weighted by molar-refractivity contribution is 7.19. The van der Waals surface area contributed by atoms with Gasteiger partial charge in [0.1, 0.15) is 18.5 Å². The molecule has 1 saturated heterocycles. The number of benzene rings is 2. The van der Waals surface area contributed by atoms with Crippen LogP contribution in [0.15, 0.2) is 54.7 Å².